The fourth-order valence-electron chi connectivity index (χ4n) is 3.47. The zero-order valence-corrected chi connectivity index (χ0v) is 17.0. The lowest BCUT2D eigenvalue weighted by Gasteiger charge is -2.08. The maximum Gasteiger partial charge on any atom is 0.131 e. The molecule has 0 aliphatic heterocycles. The van der Waals surface area contributed by atoms with Crippen LogP contribution in [-0.4, -0.2) is 4.98 Å². The Balaban J connectivity index is 1.71. The van der Waals surface area contributed by atoms with Crippen molar-refractivity contribution < 1.29 is 4.39 Å². The van der Waals surface area contributed by atoms with E-state index in [1.165, 1.54) is 25.7 Å². The normalized spacial score (nSPS) is 11.0. The van der Waals surface area contributed by atoms with Crippen molar-refractivity contribution in [3.8, 4) is 22.3 Å². The van der Waals surface area contributed by atoms with E-state index in [9.17, 15) is 4.39 Å². The fraction of sp³-hybridized carbons (Fsp3) is 0.346. The first-order valence-corrected chi connectivity index (χ1v) is 10.6. The van der Waals surface area contributed by atoms with Gasteiger partial charge in [-0.25, -0.2) is 4.39 Å². The van der Waals surface area contributed by atoms with E-state index < -0.39 is 0 Å². The van der Waals surface area contributed by atoms with Crippen molar-refractivity contribution >= 4 is 0 Å². The third kappa shape index (κ3) is 5.28. The number of aromatic nitrogens is 1. The topological polar surface area (TPSA) is 12.9 Å². The van der Waals surface area contributed by atoms with Gasteiger partial charge in [0.15, 0.2) is 0 Å². The second-order valence-corrected chi connectivity index (χ2v) is 7.49. The first-order valence-electron chi connectivity index (χ1n) is 10.6. The van der Waals surface area contributed by atoms with Gasteiger partial charge < -0.3 is 0 Å². The summed E-state index contributed by atoms with van der Waals surface area (Å²) in [6, 6.07) is 18.0. The summed E-state index contributed by atoms with van der Waals surface area (Å²) in [7, 11) is 0. The van der Waals surface area contributed by atoms with Gasteiger partial charge in [-0.05, 0) is 54.5 Å². The molecule has 3 rings (SSSR count). The van der Waals surface area contributed by atoms with Crippen LogP contribution in [0.1, 0.15) is 57.2 Å². The summed E-state index contributed by atoms with van der Waals surface area (Å²) >= 11 is 0. The lowest BCUT2D eigenvalue weighted by molar-refractivity contribution is 0.626. The number of halogens is 1. The molecule has 0 aliphatic rings. The SMILES string of the molecule is CCCCCc1ccc(-c2ccc(-c3ccc(CCCC)nc3)cc2)c(F)c1. The average molecular weight is 376 g/mol. The van der Waals surface area contributed by atoms with Crippen molar-refractivity contribution in [3.05, 3.63) is 77.9 Å². The lowest BCUT2D eigenvalue weighted by atomic mass is 9.98. The zero-order chi connectivity index (χ0) is 19.8. The molecule has 146 valence electrons. The number of hydrogen-bond acceptors (Lipinski definition) is 1. The number of aryl methyl sites for hydroxylation is 2. The van der Waals surface area contributed by atoms with Gasteiger partial charge in [0.1, 0.15) is 5.82 Å². The third-order valence-electron chi connectivity index (χ3n) is 5.24. The van der Waals surface area contributed by atoms with Crippen LogP contribution in [0.15, 0.2) is 60.8 Å². The predicted octanol–water partition coefficient (Wildman–Crippen LogP) is 7.63. The van der Waals surface area contributed by atoms with Crippen LogP contribution in [-0.2, 0) is 12.8 Å². The molecule has 0 N–H and O–H groups in total. The molecule has 0 bridgehead atoms. The highest BCUT2D eigenvalue weighted by molar-refractivity contribution is 5.70. The second kappa shape index (κ2) is 10.2. The first-order chi connectivity index (χ1) is 13.7. The summed E-state index contributed by atoms with van der Waals surface area (Å²) in [5.41, 5.74) is 6.00. The zero-order valence-electron chi connectivity index (χ0n) is 17.0. The Labute approximate surface area is 168 Å². The Bertz CT molecular complexity index is 866. The average Bonchev–Trinajstić information content (AvgIpc) is 2.73. The van der Waals surface area contributed by atoms with Gasteiger partial charge in [-0.15, -0.1) is 0 Å². The van der Waals surface area contributed by atoms with Gasteiger partial charge >= 0.3 is 0 Å². The van der Waals surface area contributed by atoms with Gasteiger partial charge in [0.2, 0.25) is 0 Å². The predicted molar refractivity (Wildman–Crippen MR) is 117 cm³/mol. The van der Waals surface area contributed by atoms with E-state index >= 15 is 0 Å². The van der Waals surface area contributed by atoms with Crippen LogP contribution in [0.4, 0.5) is 4.39 Å². The van der Waals surface area contributed by atoms with E-state index in [0.717, 1.165) is 47.2 Å². The standard InChI is InChI=1S/C26H30FN/c1-3-5-7-8-20-10-17-25(26(27)18-20)22-13-11-21(12-14-22)23-15-16-24(28-19-23)9-6-4-2/h10-19H,3-9H2,1-2H3. The number of benzene rings is 2. The van der Waals surface area contributed by atoms with Crippen LogP contribution in [0.2, 0.25) is 0 Å². The molecule has 0 unspecified atom stereocenters. The number of pyridine rings is 1. The summed E-state index contributed by atoms with van der Waals surface area (Å²) in [5.74, 6) is -0.135. The minimum atomic E-state index is -0.135. The summed E-state index contributed by atoms with van der Waals surface area (Å²) in [6.07, 6.45) is 9.77. The molecule has 1 heterocycles. The minimum absolute atomic E-state index is 0.135. The summed E-state index contributed by atoms with van der Waals surface area (Å²) in [6.45, 7) is 4.38. The van der Waals surface area contributed by atoms with Crippen molar-refractivity contribution in [2.75, 3.05) is 0 Å². The van der Waals surface area contributed by atoms with Crippen molar-refractivity contribution in [1.82, 2.24) is 4.98 Å². The summed E-state index contributed by atoms with van der Waals surface area (Å²) < 4.78 is 14.6. The molecule has 2 aromatic carbocycles. The summed E-state index contributed by atoms with van der Waals surface area (Å²) in [5, 5.41) is 0. The highest BCUT2D eigenvalue weighted by Gasteiger charge is 2.07. The van der Waals surface area contributed by atoms with Crippen LogP contribution in [0.3, 0.4) is 0 Å². The van der Waals surface area contributed by atoms with Crippen molar-refractivity contribution in [3.63, 3.8) is 0 Å². The van der Waals surface area contributed by atoms with E-state index in [-0.39, 0.29) is 5.82 Å². The Morgan fingerprint density at radius 3 is 2.07 bits per heavy atom. The van der Waals surface area contributed by atoms with E-state index in [1.54, 1.807) is 6.07 Å². The van der Waals surface area contributed by atoms with Crippen molar-refractivity contribution in [1.29, 1.82) is 0 Å². The number of nitrogens with zero attached hydrogens (tertiary/aromatic N) is 1. The Kier molecular flexibility index (Phi) is 7.36. The van der Waals surface area contributed by atoms with Crippen LogP contribution in [0.25, 0.3) is 22.3 Å². The maximum absolute atomic E-state index is 14.6. The van der Waals surface area contributed by atoms with Crippen LogP contribution >= 0.6 is 0 Å². The molecule has 0 amide bonds. The summed E-state index contributed by atoms with van der Waals surface area (Å²) in [4.78, 5) is 4.57. The highest BCUT2D eigenvalue weighted by atomic mass is 19.1. The quantitative estimate of drug-likeness (QED) is 0.350. The molecule has 0 saturated carbocycles. The molecule has 3 aromatic rings. The van der Waals surface area contributed by atoms with Crippen LogP contribution in [0.5, 0.6) is 0 Å². The van der Waals surface area contributed by atoms with Crippen LogP contribution < -0.4 is 0 Å². The highest BCUT2D eigenvalue weighted by Crippen LogP contribution is 2.27. The minimum Gasteiger partial charge on any atom is -0.261 e. The van der Waals surface area contributed by atoms with Crippen molar-refractivity contribution in [2.24, 2.45) is 0 Å². The molecular formula is C26H30FN. The van der Waals surface area contributed by atoms with Gasteiger partial charge in [0, 0.05) is 23.0 Å². The molecule has 1 aromatic heterocycles. The molecule has 0 fully saturated rings. The monoisotopic (exact) mass is 375 g/mol. The largest absolute Gasteiger partial charge is 0.261 e. The molecule has 1 nitrogen and oxygen atoms in total. The molecule has 28 heavy (non-hydrogen) atoms. The Hall–Kier alpha value is -2.48. The second-order valence-electron chi connectivity index (χ2n) is 7.49. The Morgan fingerprint density at radius 2 is 1.43 bits per heavy atom. The van der Waals surface area contributed by atoms with Gasteiger partial charge in [-0.1, -0.05) is 75.6 Å². The lowest BCUT2D eigenvalue weighted by Crippen LogP contribution is -1.91. The molecule has 0 radical (unpaired) electrons. The van der Waals surface area contributed by atoms with E-state index in [1.807, 2.05) is 36.5 Å². The van der Waals surface area contributed by atoms with Gasteiger partial charge in [0.25, 0.3) is 0 Å². The van der Waals surface area contributed by atoms with Crippen LogP contribution in [0, 0.1) is 5.82 Å². The molecule has 0 aliphatic carbocycles. The number of hydrogen-bond donors (Lipinski definition) is 0. The number of rotatable bonds is 9. The fourth-order valence-corrected chi connectivity index (χ4v) is 3.47. The number of unbranched alkanes of at least 4 members (excludes halogenated alkanes) is 3. The molecule has 2 heteroatoms. The smallest absolute Gasteiger partial charge is 0.131 e. The van der Waals surface area contributed by atoms with E-state index in [2.05, 4.69) is 37.0 Å². The third-order valence-corrected chi connectivity index (χ3v) is 5.24. The molecule has 0 atom stereocenters. The van der Waals surface area contributed by atoms with Crippen molar-refractivity contribution in [2.45, 2.75) is 58.8 Å². The maximum atomic E-state index is 14.6. The van der Waals surface area contributed by atoms with Gasteiger partial charge in [-0.3, -0.25) is 4.98 Å². The van der Waals surface area contributed by atoms with E-state index in [4.69, 9.17) is 0 Å². The van der Waals surface area contributed by atoms with Gasteiger partial charge in [-0.2, -0.15) is 0 Å². The van der Waals surface area contributed by atoms with E-state index in [0.29, 0.717) is 5.56 Å². The molecule has 0 saturated heterocycles. The molecule has 0 spiro atoms. The molecular weight excluding hydrogens is 345 g/mol. The first kappa shape index (κ1) is 20.3. The van der Waals surface area contributed by atoms with Gasteiger partial charge in [0.05, 0.1) is 0 Å². The Morgan fingerprint density at radius 1 is 0.714 bits per heavy atom.